The van der Waals surface area contributed by atoms with Gasteiger partial charge in [-0.1, -0.05) is 12.1 Å². The van der Waals surface area contributed by atoms with Crippen LogP contribution in [0.2, 0.25) is 0 Å². The van der Waals surface area contributed by atoms with E-state index in [0.717, 1.165) is 12.8 Å². The van der Waals surface area contributed by atoms with Gasteiger partial charge in [0.05, 0.1) is 35.2 Å². The molecule has 3 heterocycles. The predicted molar refractivity (Wildman–Crippen MR) is 208 cm³/mol. The Balaban J connectivity index is 1.27. The van der Waals surface area contributed by atoms with Crippen LogP contribution in [0, 0.1) is 0 Å². The average molecular weight is 775 g/mol. The van der Waals surface area contributed by atoms with E-state index in [4.69, 9.17) is 9.47 Å². The number of piperidine rings is 1. The van der Waals surface area contributed by atoms with Gasteiger partial charge in [0.25, 0.3) is 11.8 Å². The van der Waals surface area contributed by atoms with E-state index in [-0.39, 0.29) is 29.4 Å². The molecule has 1 fully saturated rings. The lowest BCUT2D eigenvalue weighted by atomic mass is 10.0. The van der Waals surface area contributed by atoms with Crippen molar-refractivity contribution in [1.29, 1.82) is 0 Å². The first-order chi connectivity index (χ1) is 25.9. The van der Waals surface area contributed by atoms with Crippen LogP contribution in [0.1, 0.15) is 85.6 Å². The lowest BCUT2D eigenvalue weighted by molar-refractivity contribution is 0.0498. The fourth-order valence-electron chi connectivity index (χ4n) is 5.74. The molecule has 55 heavy (non-hydrogen) atoms. The topological polar surface area (TPSA) is 206 Å². The fraction of sp³-hybridized carbons (Fsp3) is 0.395. The van der Waals surface area contributed by atoms with Crippen molar-refractivity contribution in [2.24, 2.45) is 0 Å². The van der Waals surface area contributed by atoms with Crippen LogP contribution >= 0.6 is 11.3 Å². The Morgan fingerprint density at radius 2 is 1.64 bits per heavy atom. The molecular formula is C38H46N8O8S. The second-order valence-electron chi connectivity index (χ2n) is 14.9. The number of carboxylic acid groups (broad SMARTS) is 1. The van der Waals surface area contributed by atoms with Crippen LogP contribution in [0.5, 0.6) is 0 Å². The minimum atomic E-state index is -1.19. The predicted octanol–water partition coefficient (Wildman–Crippen LogP) is 6.23. The van der Waals surface area contributed by atoms with E-state index in [1.54, 1.807) is 94.3 Å². The van der Waals surface area contributed by atoms with Gasteiger partial charge in [-0.05, 0) is 84.7 Å². The largest absolute Gasteiger partial charge is 0.478 e. The summed E-state index contributed by atoms with van der Waals surface area (Å²) in [5.41, 5.74) is 0.975. The highest BCUT2D eigenvalue weighted by Crippen LogP contribution is 2.33. The van der Waals surface area contributed by atoms with E-state index in [0.29, 0.717) is 47.3 Å². The maximum Gasteiger partial charge on any atom is 0.412 e. The number of alkyl carbamates (subject to hydrolysis) is 1. The number of hydrogen-bond acceptors (Lipinski definition) is 11. The van der Waals surface area contributed by atoms with Gasteiger partial charge in [0.2, 0.25) is 0 Å². The molecule has 0 aliphatic carbocycles. The molecule has 1 aliphatic heterocycles. The number of carboxylic acids is 1. The molecule has 292 valence electrons. The zero-order valence-corrected chi connectivity index (χ0v) is 32.4. The van der Waals surface area contributed by atoms with E-state index in [1.165, 1.54) is 23.5 Å². The molecule has 0 spiro atoms. The molecule has 0 radical (unpaired) electrons. The summed E-state index contributed by atoms with van der Waals surface area (Å²) in [7, 11) is 0. The van der Waals surface area contributed by atoms with Gasteiger partial charge < -0.3 is 35.4 Å². The van der Waals surface area contributed by atoms with Crippen molar-refractivity contribution in [2.45, 2.75) is 78.2 Å². The van der Waals surface area contributed by atoms with Crippen molar-refractivity contribution in [3.05, 3.63) is 77.1 Å². The molecule has 5 rings (SSSR count). The van der Waals surface area contributed by atoms with Crippen LogP contribution in [-0.4, -0.2) is 86.7 Å². The highest BCUT2D eigenvalue weighted by Gasteiger charge is 2.27. The summed E-state index contributed by atoms with van der Waals surface area (Å²) < 4.78 is 12.5. The molecule has 2 aromatic carbocycles. The Kier molecular flexibility index (Phi) is 12.4. The van der Waals surface area contributed by atoms with Gasteiger partial charge in [0.1, 0.15) is 21.9 Å². The zero-order chi connectivity index (χ0) is 39.9. The number of carbonyl (C=O) groups excluding carboxylic acids is 4. The highest BCUT2D eigenvalue weighted by molar-refractivity contribution is 7.13. The number of nitrogens with zero attached hydrogens (tertiary/aromatic N) is 4. The number of amides is 4. The number of nitrogens with one attached hydrogen (secondary N) is 4. The third-order valence-electron chi connectivity index (χ3n) is 8.02. The van der Waals surface area contributed by atoms with Crippen molar-refractivity contribution < 1.29 is 38.6 Å². The van der Waals surface area contributed by atoms with Crippen LogP contribution in [0.3, 0.4) is 0 Å². The number of ether oxygens (including phenoxy) is 2. The van der Waals surface area contributed by atoms with Crippen molar-refractivity contribution in [1.82, 2.24) is 25.4 Å². The molecule has 4 aromatic rings. The van der Waals surface area contributed by atoms with Crippen LogP contribution in [-0.2, 0) is 16.0 Å². The molecule has 1 aliphatic rings. The molecule has 0 bridgehead atoms. The van der Waals surface area contributed by atoms with Crippen LogP contribution in [0.4, 0.5) is 26.7 Å². The van der Waals surface area contributed by atoms with Gasteiger partial charge in [-0.25, -0.2) is 19.4 Å². The van der Waals surface area contributed by atoms with Gasteiger partial charge in [-0.2, -0.15) is 5.10 Å². The summed E-state index contributed by atoms with van der Waals surface area (Å²) in [6, 6.07) is 11.0. The summed E-state index contributed by atoms with van der Waals surface area (Å²) in [5.74, 6) is -2.17. The minimum absolute atomic E-state index is 0.0678. The van der Waals surface area contributed by atoms with Gasteiger partial charge >= 0.3 is 18.2 Å². The number of thiazole rings is 1. The van der Waals surface area contributed by atoms with Crippen LogP contribution < -0.4 is 26.2 Å². The first-order valence-electron chi connectivity index (χ1n) is 17.7. The number of carbonyl (C=O) groups is 5. The quantitative estimate of drug-likeness (QED) is 0.116. The lowest BCUT2D eigenvalue weighted by Crippen LogP contribution is -2.49. The number of benzene rings is 2. The van der Waals surface area contributed by atoms with E-state index in [2.05, 4.69) is 36.2 Å². The second-order valence-corrected chi connectivity index (χ2v) is 15.7. The van der Waals surface area contributed by atoms with Gasteiger partial charge in [0, 0.05) is 48.5 Å². The molecule has 1 atom stereocenters. The van der Waals surface area contributed by atoms with E-state index >= 15 is 0 Å². The molecule has 16 nitrogen and oxygen atoms in total. The molecule has 5 N–H and O–H groups in total. The molecule has 0 saturated carbocycles. The Morgan fingerprint density at radius 1 is 0.927 bits per heavy atom. The summed E-state index contributed by atoms with van der Waals surface area (Å²) in [6.07, 6.45) is 3.72. The van der Waals surface area contributed by atoms with Crippen molar-refractivity contribution >= 4 is 58.4 Å². The summed E-state index contributed by atoms with van der Waals surface area (Å²) in [4.78, 5) is 69.5. The van der Waals surface area contributed by atoms with Gasteiger partial charge in [-0.3, -0.25) is 19.6 Å². The fourth-order valence-corrected chi connectivity index (χ4v) is 6.51. The number of anilines is 3. The van der Waals surface area contributed by atoms with E-state index < -0.39 is 41.2 Å². The maximum atomic E-state index is 13.7. The maximum absolute atomic E-state index is 13.7. The average Bonchev–Trinajstić information content (AvgIpc) is 3.77. The Hall–Kier alpha value is -5.97. The van der Waals surface area contributed by atoms with Gasteiger partial charge in [-0.15, -0.1) is 11.3 Å². The number of aromatic nitrogens is 3. The monoisotopic (exact) mass is 774 g/mol. The van der Waals surface area contributed by atoms with Crippen molar-refractivity contribution in [3.63, 3.8) is 0 Å². The molecular weight excluding hydrogens is 729 g/mol. The van der Waals surface area contributed by atoms with Crippen molar-refractivity contribution in [2.75, 3.05) is 35.2 Å². The molecule has 0 unspecified atom stereocenters. The number of rotatable bonds is 11. The van der Waals surface area contributed by atoms with Crippen molar-refractivity contribution in [3.8, 4) is 10.6 Å². The Bertz CT molecular complexity index is 2050. The first kappa shape index (κ1) is 40.2. The molecule has 17 heteroatoms. The van der Waals surface area contributed by atoms with Crippen LogP contribution in [0.15, 0.2) is 60.2 Å². The summed E-state index contributed by atoms with van der Waals surface area (Å²) >= 11 is 1.26. The lowest BCUT2D eigenvalue weighted by Gasteiger charge is -2.36. The Morgan fingerprint density at radius 3 is 2.35 bits per heavy atom. The minimum Gasteiger partial charge on any atom is -0.478 e. The summed E-state index contributed by atoms with van der Waals surface area (Å²) in [5, 5.41) is 27.3. The first-order valence-corrected chi connectivity index (χ1v) is 18.6. The highest BCUT2D eigenvalue weighted by atomic mass is 32.1. The van der Waals surface area contributed by atoms with E-state index in [1.807, 2.05) is 0 Å². The third-order valence-corrected chi connectivity index (χ3v) is 8.91. The van der Waals surface area contributed by atoms with Crippen LogP contribution in [0.25, 0.3) is 10.6 Å². The van der Waals surface area contributed by atoms with E-state index in [9.17, 15) is 29.1 Å². The standard InChI is InChI=1S/C38H46N8O8S/c1-37(2,3)53-35(51)41-24-13-14-30(45-16-9-10-25(21-45)42-36(52)54-38(4,5)6)28(18-24)43-32(48)29-22-55-33(44-29)23-19-40-46(20-23)17-15-39-31(47)26-11-7-8-12-27(26)34(49)50/h7-8,11-14,18-20,22,25H,9-10,15-17,21H2,1-6H3,(H,39,47)(H,41,51)(H,42,52)(H,43,48)(H,49,50)/t25-/m1/s1. The second kappa shape index (κ2) is 17.0. The number of hydrogen-bond donors (Lipinski definition) is 5. The Labute approximate surface area is 322 Å². The zero-order valence-electron chi connectivity index (χ0n) is 31.6. The van der Waals surface area contributed by atoms with Gasteiger partial charge in [0.15, 0.2) is 0 Å². The SMILES string of the molecule is CC(C)(C)OC(=O)Nc1ccc(N2CCC[C@@H](NC(=O)OC(C)(C)C)C2)c(NC(=O)c2csc(-c3cnn(CCNC(=O)c4ccccc4C(=O)O)c3)n2)c1. The molecule has 2 aromatic heterocycles. The third kappa shape index (κ3) is 11.5. The smallest absolute Gasteiger partial charge is 0.412 e. The summed E-state index contributed by atoms with van der Waals surface area (Å²) in [6.45, 7) is 12.3. The molecule has 4 amide bonds. The molecule has 1 saturated heterocycles. The number of aromatic carboxylic acids is 1. The normalized spacial score (nSPS) is 14.4.